The summed E-state index contributed by atoms with van der Waals surface area (Å²) in [5.41, 5.74) is -0.0357. The monoisotopic (exact) mass is 437 g/mol. The summed E-state index contributed by atoms with van der Waals surface area (Å²) in [6.07, 6.45) is 0. The SMILES string of the molecule is O=[N+]([O-])c1ccc(Oc2cc(Br)ccc2F)c(I)c1. The second-order valence-electron chi connectivity index (χ2n) is 3.55. The smallest absolute Gasteiger partial charge is 0.270 e. The van der Waals surface area contributed by atoms with Crippen LogP contribution in [0.4, 0.5) is 10.1 Å². The molecular formula is C12H6BrFINO3. The van der Waals surface area contributed by atoms with Gasteiger partial charge in [-0.1, -0.05) is 15.9 Å². The fourth-order valence-corrected chi connectivity index (χ4v) is 2.31. The van der Waals surface area contributed by atoms with Crippen LogP contribution in [0.3, 0.4) is 0 Å². The van der Waals surface area contributed by atoms with E-state index in [1.807, 2.05) is 22.6 Å². The molecule has 0 aromatic heterocycles. The van der Waals surface area contributed by atoms with Crippen LogP contribution >= 0.6 is 38.5 Å². The first-order valence-corrected chi connectivity index (χ1v) is 6.91. The number of rotatable bonds is 3. The zero-order valence-corrected chi connectivity index (χ0v) is 13.0. The number of benzene rings is 2. The van der Waals surface area contributed by atoms with Gasteiger partial charge >= 0.3 is 0 Å². The quantitative estimate of drug-likeness (QED) is 0.390. The van der Waals surface area contributed by atoms with Crippen molar-refractivity contribution >= 4 is 44.2 Å². The van der Waals surface area contributed by atoms with Crippen molar-refractivity contribution in [2.45, 2.75) is 0 Å². The summed E-state index contributed by atoms with van der Waals surface area (Å²) >= 11 is 5.12. The summed E-state index contributed by atoms with van der Waals surface area (Å²) in [6, 6.07) is 8.45. The van der Waals surface area contributed by atoms with Gasteiger partial charge < -0.3 is 4.74 Å². The van der Waals surface area contributed by atoms with E-state index < -0.39 is 10.7 Å². The van der Waals surface area contributed by atoms with Gasteiger partial charge in [-0.2, -0.15) is 0 Å². The lowest BCUT2D eigenvalue weighted by atomic mass is 10.3. The topological polar surface area (TPSA) is 52.4 Å². The van der Waals surface area contributed by atoms with Crippen molar-refractivity contribution in [1.82, 2.24) is 0 Å². The molecule has 2 rings (SSSR count). The third-order valence-corrected chi connectivity index (χ3v) is 3.58. The summed E-state index contributed by atoms with van der Waals surface area (Å²) in [4.78, 5) is 10.1. The van der Waals surface area contributed by atoms with Crippen molar-refractivity contribution in [2.75, 3.05) is 0 Å². The summed E-state index contributed by atoms with van der Waals surface area (Å²) < 4.78 is 20.2. The highest BCUT2D eigenvalue weighted by Crippen LogP contribution is 2.32. The van der Waals surface area contributed by atoms with E-state index >= 15 is 0 Å². The molecule has 0 bridgehead atoms. The predicted octanol–water partition coefficient (Wildman–Crippen LogP) is 4.89. The first-order valence-electron chi connectivity index (χ1n) is 5.04. The minimum atomic E-state index is -0.502. The Hall–Kier alpha value is -1.22. The van der Waals surface area contributed by atoms with Crippen LogP contribution in [0.5, 0.6) is 11.5 Å². The molecule has 98 valence electrons. The maximum atomic E-state index is 13.5. The molecule has 0 atom stereocenters. The fraction of sp³-hybridized carbons (Fsp3) is 0. The molecule has 4 nitrogen and oxygen atoms in total. The molecule has 0 aliphatic carbocycles. The van der Waals surface area contributed by atoms with E-state index in [-0.39, 0.29) is 11.4 Å². The number of halogens is 3. The van der Waals surface area contributed by atoms with Gasteiger partial charge in [0.25, 0.3) is 5.69 Å². The summed E-state index contributed by atoms with van der Waals surface area (Å²) in [6.45, 7) is 0. The Morgan fingerprint density at radius 2 is 1.95 bits per heavy atom. The Bertz CT molecular complexity index is 651. The number of nitro benzene ring substituents is 1. The maximum Gasteiger partial charge on any atom is 0.270 e. The van der Waals surface area contributed by atoms with E-state index in [1.165, 1.54) is 30.3 Å². The minimum absolute atomic E-state index is 0.0357. The molecule has 0 N–H and O–H groups in total. The Balaban J connectivity index is 2.33. The Morgan fingerprint density at radius 1 is 1.21 bits per heavy atom. The largest absolute Gasteiger partial charge is 0.453 e. The highest BCUT2D eigenvalue weighted by molar-refractivity contribution is 14.1. The Kier molecular flexibility index (Phi) is 4.35. The van der Waals surface area contributed by atoms with Crippen LogP contribution in [0.1, 0.15) is 0 Å². The number of ether oxygens (including phenoxy) is 1. The van der Waals surface area contributed by atoms with Crippen molar-refractivity contribution < 1.29 is 14.1 Å². The van der Waals surface area contributed by atoms with Gasteiger partial charge in [0.1, 0.15) is 5.75 Å². The van der Waals surface area contributed by atoms with Gasteiger partial charge in [-0.25, -0.2) is 4.39 Å². The van der Waals surface area contributed by atoms with Crippen molar-refractivity contribution in [2.24, 2.45) is 0 Å². The number of nitrogens with zero attached hydrogens (tertiary/aromatic N) is 1. The number of nitro groups is 1. The predicted molar refractivity (Wildman–Crippen MR) is 80.0 cm³/mol. The van der Waals surface area contributed by atoms with E-state index in [4.69, 9.17) is 4.74 Å². The van der Waals surface area contributed by atoms with Crippen LogP contribution in [0.25, 0.3) is 0 Å². The second kappa shape index (κ2) is 5.83. The molecule has 0 unspecified atom stereocenters. The first kappa shape index (κ1) is 14.2. The third-order valence-electron chi connectivity index (χ3n) is 2.24. The van der Waals surface area contributed by atoms with Gasteiger partial charge in [-0.05, 0) is 46.9 Å². The molecule has 2 aromatic carbocycles. The molecule has 19 heavy (non-hydrogen) atoms. The van der Waals surface area contributed by atoms with E-state index in [1.54, 1.807) is 6.07 Å². The summed E-state index contributed by atoms with van der Waals surface area (Å²) in [5.74, 6) is -0.0818. The van der Waals surface area contributed by atoms with Crippen molar-refractivity contribution in [3.8, 4) is 11.5 Å². The normalized spacial score (nSPS) is 10.3. The van der Waals surface area contributed by atoms with E-state index in [0.717, 1.165) is 0 Å². The molecule has 0 saturated carbocycles. The van der Waals surface area contributed by atoms with Crippen LogP contribution in [0.15, 0.2) is 40.9 Å². The third kappa shape index (κ3) is 3.41. The number of hydrogen-bond acceptors (Lipinski definition) is 3. The molecule has 0 fully saturated rings. The van der Waals surface area contributed by atoms with Crippen molar-refractivity contribution in [1.29, 1.82) is 0 Å². The highest BCUT2D eigenvalue weighted by Gasteiger charge is 2.12. The van der Waals surface area contributed by atoms with Gasteiger partial charge in [-0.15, -0.1) is 0 Å². The lowest BCUT2D eigenvalue weighted by Gasteiger charge is -2.08. The zero-order valence-electron chi connectivity index (χ0n) is 9.27. The lowest BCUT2D eigenvalue weighted by Crippen LogP contribution is -1.93. The minimum Gasteiger partial charge on any atom is -0.453 e. The fourth-order valence-electron chi connectivity index (χ4n) is 1.36. The van der Waals surface area contributed by atoms with Crippen molar-refractivity contribution in [3.63, 3.8) is 0 Å². The zero-order chi connectivity index (χ0) is 14.0. The maximum absolute atomic E-state index is 13.5. The molecule has 2 aromatic rings. The Morgan fingerprint density at radius 3 is 2.58 bits per heavy atom. The van der Waals surface area contributed by atoms with Crippen LogP contribution in [0.2, 0.25) is 0 Å². The van der Waals surface area contributed by atoms with Crippen LogP contribution in [-0.2, 0) is 0 Å². The van der Waals surface area contributed by atoms with Gasteiger partial charge in [0, 0.05) is 16.6 Å². The van der Waals surface area contributed by atoms with E-state index in [0.29, 0.717) is 13.8 Å². The van der Waals surface area contributed by atoms with Gasteiger partial charge in [0.2, 0.25) is 0 Å². The molecule has 0 amide bonds. The van der Waals surface area contributed by atoms with Gasteiger partial charge in [-0.3, -0.25) is 10.1 Å². The van der Waals surface area contributed by atoms with Gasteiger partial charge in [0.05, 0.1) is 8.49 Å². The molecule has 7 heteroatoms. The molecule has 0 aliphatic rings. The molecule has 0 saturated heterocycles. The number of non-ortho nitro benzene ring substituents is 1. The summed E-state index contributed by atoms with van der Waals surface area (Å²) in [5, 5.41) is 10.6. The molecule has 0 spiro atoms. The molecule has 0 heterocycles. The number of hydrogen-bond donors (Lipinski definition) is 0. The first-order chi connectivity index (χ1) is 8.97. The van der Waals surface area contributed by atoms with Crippen LogP contribution in [-0.4, -0.2) is 4.92 Å². The van der Waals surface area contributed by atoms with Crippen LogP contribution < -0.4 is 4.74 Å². The van der Waals surface area contributed by atoms with Crippen LogP contribution in [0, 0.1) is 19.5 Å². The summed E-state index contributed by atoms with van der Waals surface area (Å²) in [7, 11) is 0. The van der Waals surface area contributed by atoms with E-state index in [9.17, 15) is 14.5 Å². The average Bonchev–Trinajstić information content (AvgIpc) is 2.36. The molecule has 0 radical (unpaired) electrons. The average molecular weight is 438 g/mol. The second-order valence-corrected chi connectivity index (χ2v) is 5.63. The lowest BCUT2D eigenvalue weighted by molar-refractivity contribution is -0.385. The van der Waals surface area contributed by atoms with E-state index in [2.05, 4.69) is 15.9 Å². The molecular weight excluding hydrogens is 432 g/mol. The Labute approximate surface area is 130 Å². The molecule has 0 aliphatic heterocycles. The van der Waals surface area contributed by atoms with Gasteiger partial charge in [0.15, 0.2) is 11.6 Å². The van der Waals surface area contributed by atoms with Crippen molar-refractivity contribution in [3.05, 3.63) is 60.4 Å². The highest BCUT2D eigenvalue weighted by atomic mass is 127. The standard InChI is InChI=1S/C12H6BrFINO3/c13-7-1-3-9(14)12(5-7)19-11-4-2-8(16(17)18)6-10(11)15/h1-6H.